The number of aromatic nitrogens is 1. The zero-order chi connectivity index (χ0) is 11.7. The van der Waals surface area contributed by atoms with Gasteiger partial charge in [0.05, 0.1) is 22.8 Å². The summed E-state index contributed by atoms with van der Waals surface area (Å²) in [6, 6.07) is 5.95. The van der Waals surface area contributed by atoms with Crippen molar-refractivity contribution in [3.63, 3.8) is 0 Å². The van der Waals surface area contributed by atoms with Gasteiger partial charge in [-0.3, -0.25) is 0 Å². The molecule has 2 aromatic rings. The van der Waals surface area contributed by atoms with Gasteiger partial charge in [0.1, 0.15) is 0 Å². The van der Waals surface area contributed by atoms with E-state index in [1.165, 1.54) is 11.1 Å². The number of benzene rings is 1. The molecule has 0 amide bonds. The molecule has 0 aliphatic carbocycles. The largest absolute Gasteiger partial charge is 0.378 e. The number of fused-ring (bicyclic) bond motifs is 1. The number of aryl methyl sites for hydroxylation is 2. The Morgan fingerprint density at radius 1 is 1.31 bits per heavy atom. The van der Waals surface area contributed by atoms with Crippen LogP contribution >= 0.6 is 11.6 Å². The molecule has 2 nitrogen and oxygen atoms in total. The summed E-state index contributed by atoms with van der Waals surface area (Å²) in [5.74, 6) is 0. The van der Waals surface area contributed by atoms with Crippen LogP contribution in [0, 0.1) is 13.8 Å². The molecule has 1 heterocycles. The molecule has 0 unspecified atom stereocenters. The first kappa shape index (κ1) is 11.4. The highest BCUT2D eigenvalue weighted by molar-refractivity contribution is 6.35. The maximum Gasteiger partial charge on any atom is 0.0884 e. The van der Waals surface area contributed by atoms with Crippen LogP contribution in [0.5, 0.6) is 0 Å². The fraction of sp³-hybridized carbons (Fsp3) is 0.308. The second-order valence-electron chi connectivity index (χ2n) is 3.93. The predicted octanol–water partition coefficient (Wildman–Crippen LogP) is 3.65. The molecule has 84 valence electrons. The lowest BCUT2D eigenvalue weighted by molar-refractivity contribution is 0.182. The van der Waals surface area contributed by atoms with Crippen LogP contribution in [0.3, 0.4) is 0 Å². The Morgan fingerprint density at radius 2 is 2.06 bits per heavy atom. The Morgan fingerprint density at radius 3 is 2.75 bits per heavy atom. The van der Waals surface area contributed by atoms with Crippen molar-refractivity contribution >= 4 is 22.5 Å². The summed E-state index contributed by atoms with van der Waals surface area (Å²) in [6.07, 6.45) is 0. The average Bonchev–Trinajstić information content (AvgIpc) is 2.25. The Kier molecular flexibility index (Phi) is 3.13. The van der Waals surface area contributed by atoms with Crippen molar-refractivity contribution in [1.29, 1.82) is 0 Å². The highest BCUT2D eigenvalue weighted by Crippen LogP contribution is 2.27. The number of pyridine rings is 1. The van der Waals surface area contributed by atoms with Crippen molar-refractivity contribution in [1.82, 2.24) is 4.98 Å². The molecule has 1 aromatic heterocycles. The highest BCUT2D eigenvalue weighted by atomic mass is 35.5. The van der Waals surface area contributed by atoms with Crippen molar-refractivity contribution < 1.29 is 4.74 Å². The van der Waals surface area contributed by atoms with Gasteiger partial charge in [-0.05, 0) is 31.0 Å². The molecule has 0 spiro atoms. The first-order valence-corrected chi connectivity index (χ1v) is 5.55. The van der Waals surface area contributed by atoms with E-state index in [1.54, 1.807) is 7.11 Å². The molecule has 0 radical (unpaired) electrons. The van der Waals surface area contributed by atoms with E-state index in [4.69, 9.17) is 16.3 Å². The van der Waals surface area contributed by atoms with E-state index in [-0.39, 0.29) is 0 Å². The van der Waals surface area contributed by atoms with Crippen LogP contribution in [0.4, 0.5) is 0 Å². The molecule has 0 N–H and O–H groups in total. The summed E-state index contributed by atoms with van der Waals surface area (Å²) in [5.41, 5.74) is 4.25. The molecule has 0 aliphatic heterocycles. The summed E-state index contributed by atoms with van der Waals surface area (Å²) >= 11 is 6.23. The van der Waals surface area contributed by atoms with Crippen LogP contribution in [-0.2, 0) is 11.3 Å². The van der Waals surface area contributed by atoms with E-state index < -0.39 is 0 Å². The molecule has 0 bridgehead atoms. The minimum Gasteiger partial charge on any atom is -0.378 e. The standard InChI is InChI=1S/C13H14ClNO/c1-8-4-5-11-12(14)6-10(7-16-3)15-13(11)9(8)2/h4-6H,7H2,1-3H3. The summed E-state index contributed by atoms with van der Waals surface area (Å²) in [4.78, 5) is 4.58. The van der Waals surface area contributed by atoms with Crippen molar-refractivity contribution in [2.45, 2.75) is 20.5 Å². The van der Waals surface area contributed by atoms with E-state index >= 15 is 0 Å². The van der Waals surface area contributed by atoms with Crippen LogP contribution in [0.2, 0.25) is 5.02 Å². The Hall–Kier alpha value is -1.12. The van der Waals surface area contributed by atoms with Crippen LogP contribution in [0.15, 0.2) is 18.2 Å². The Bertz CT molecular complexity index is 537. The third kappa shape index (κ3) is 1.91. The Balaban J connectivity index is 2.73. The van der Waals surface area contributed by atoms with Gasteiger partial charge >= 0.3 is 0 Å². The number of hydrogen-bond acceptors (Lipinski definition) is 2. The molecule has 16 heavy (non-hydrogen) atoms. The van der Waals surface area contributed by atoms with E-state index in [9.17, 15) is 0 Å². The topological polar surface area (TPSA) is 22.1 Å². The molecule has 0 fully saturated rings. The van der Waals surface area contributed by atoms with E-state index in [0.29, 0.717) is 6.61 Å². The number of nitrogens with zero attached hydrogens (tertiary/aromatic N) is 1. The first-order chi connectivity index (χ1) is 7.63. The van der Waals surface area contributed by atoms with E-state index in [2.05, 4.69) is 24.9 Å². The molecule has 0 aliphatic rings. The molecule has 0 saturated carbocycles. The molecule has 0 atom stereocenters. The van der Waals surface area contributed by atoms with Gasteiger partial charge in [-0.15, -0.1) is 0 Å². The molecule has 1 aromatic carbocycles. The predicted molar refractivity (Wildman–Crippen MR) is 66.9 cm³/mol. The quantitative estimate of drug-likeness (QED) is 0.793. The molecule has 2 rings (SSSR count). The average molecular weight is 236 g/mol. The van der Waals surface area contributed by atoms with Crippen molar-refractivity contribution in [2.24, 2.45) is 0 Å². The highest BCUT2D eigenvalue weighted by Gasteiger charge is 2.07. The number of rotatable bonds is 2. The van der Waals surface area contributed by atoms with Gasteiger partial charge in [0.2, 0.25) is 0 Å². The number of hydrogen-bond donors (Lipinski definition) is 0. The summed E-state index contributed by atoms with van der Waals surface area (Å²) in [6.45, 7) is 4.63. The van der Waals surface area contributed by atoms with Crippen molar-refractivity contribution in [3.8, 4) is 0 Å². The molecular weight excluding hydrogens is 222 g/mol. The van der Waals surface area contributed by atoms with Crippen LogP contribution in [-0.4, -0.2) is 12.1 Å². The number of ether oxygens (including phenoxy) is 1. The fourth-order valence-electron chi connectivity index (χ4n) is 1.76. The SMILES string of the molecule is COCc1cc(Cl)c2ccc(C)c(C)c2n1. The van der Waals surface area contributed by atoms with Gasteiger partial charge < -0.3 is 4.74 Å². The van der Waals surface area contributed by atoms with Gasteiger partial charge in [-0.2, -0.15) is 0 Å². The lowest BCUT2D eigenvalue weighted by atomic mass is 10.1. The molecule has 3 heteroatoms. The van der Waals surface area contributed by atoms with Gasteiger partial charge in [-0.25, -0.2) is 4.98 Å². The normalized spacial score (nSPS) is 11.0. The zero-order valence-electron chi connectivity index (χ0n) is 9.67. The fourth-order valence-corrected chi connectivity index (χ4v) is 2.04. The van der Waals surface area contributed by atoms with Gasteiger partial charge in [0.15, 0.2) is 0 Å². The number of methoxy groups -OCH3 is 1. The smallest absolute Gasteiger partial charge is 0.0884 e. The second-order valence-corrected chi connectivity index (χ2v) is 4.34. The maximum absolute atomic E-state index is 6.23. The van der Waals surface area contributed by atoms with Gasteiger partial charge in [-0.1, -0.05) is 23.7 Å². The van der Waals surface area contributed by atoms with Crippen LogP contribution in [0.1, 0.15) is 16.8 Å². The minimum absolute atomic E-state index is 0.489. The first-order valence-electron chi connectivity index (χ1n) is 5.17. The van der Waals surface area contributed by atoms with Crippen molar-refractivity contribution in [3.05, 3.63) is 40.0 Å². The summed E-state index contributed by atoms with van der Waals surface area (Å²) in [7, 11) is 1.66. The van der Waals surface area contributed by atoms with Crippen molar-refractivity contribution in [2.75, 3.05) is 7.11 Å². The third-order valence-electron chi connectivity index (χ3n) is 2.80. The third-order valence-corrected chi connectivity index (χ3v) is 3.11. The van der Waals surface area contributed by atoms with E-state index in [0.717, 1.165) is 21.6 Å². The number of halogens is 1. The summed E-state index contributed by atoms with van der Waals surface area (Å²) < 4.78 is 5.08. The minimum atomic E-state index is 0.489. The van der Waals surface area contributed by atoms with Gasteiger partial charge in [0, 0.05) is 12.5 Å². The second kappa shape index (κ2) is 4.40. The Labute approximate surface area is 100 Å². The lowest BCUT2D eigenvalue weighted by Gasteiger charge is -2.08. The monoisotopic (exact) mass is 235 g/mol. The van der Waals surface area contributed by atoms with E-state index in [1.807, 2.05) is 12.1 Å². The molecular formula is C13H14ClNO. The zero-order valence-corrected chi connectivity index (χ0v) is 10.4. The van der Waals surface area contributed by atoms with Crippen LogP contribution in [0.25, 0.3) is 10.9 Å². The molecule has 0 saturated heterocycles. The summed E-state index contributed by atoms with van der Waals surface area (Å²) in [5, 5.41) is 1.74. The van der Waals surface area contributed by atoms with Crippen LogP contribution < -0.4 is 0 Å². The maximum atomic E-state index is 6.23. The lowest BCUT2D eigenvalue weighted by Crippen LogP contribution is -1.95. The van der Waals surface area contributed by atoms with Gasteiger partial charge in [0.25, 0.3) is 0 Å².